The number of benzene rings is 6. The normalized spacial score (nSPS) is 11.2. The van der Waals surface area contributed by atoms with E-state index in [0.717, 1.165) is 0 Å². The third-order valence-corrected chi connectivity index (χ3v) is 11.7. The second kappa shape index (κ2) is 19.6. The van der Waals surface area contributed by atoms with E-state index in [0.29, 0.717) is 0 Å². The molecular formula is C58H64SiZr-4. The SMILES string of the molecule is Cc1ccc(-c2ccc(-c3ccc(C)cc3)c3c(C)c(C(C)(C)C)[cH-]c23)cc1.Cc1ccc(-c2ccc(-c3ccc(C)cc3)c3c(C)c(C(C)(C)C)[cH-]c23)cc1.[CH3-].[CH3-].[Si]=[Zr]. The fourth-order valence-electron chi connectivity index (χ4n) is 8.60. The first kappa shape index (κ1) is 48.3. The number of fused-ring (bicyclic) bond motifs is 2. The summed E-state index contributed by atoms with van der Waals surface area (Å²) in [7, 11) is 0. The maximum absolute atomic E-state index is 3.06. The fraction of sp³-hybridized carbons (Fsp3) is 0.241. The van der Waals surface area contributed by atoms with Crippen molar-refractivity contribution in [3.63, 3.8) is 0 Å². The predicted molar refractivity (Wildman–Crippen MR) is 265 cm³/mol. The first-order valence-electron chi connectivity index (χ1n) is 20.5. The Balaban J connectivity index is 0.000000246. The summed E-state index contributed by atoms with van der Waals surface area (Å²) in [5.41, 5.74) is 21.6. The van der Waals surface area contributed by atoms with Gasteiger partial charge in [0.05, 0.1) is 0 Å². The Morgan fingerprint density at radius 2 is 0.567 bits per heavy atom. The van der Waals surface area contributed by atoms with Gasteiger partial charge in [-0.3, -0.25) is 0 Å². The molecule has 0 saturated heterocycles. The molecule has 0 aliphatic heterocycles. The standard InChI is InChI=1S/2C28H29.2CH3.Si.Zr/c2*1-18-7-11-21(12-8-18)23-15-16-24(22-13-9-19(2)10-14-22)27-20(3)26(17-25(23)27)28(4,5)6;;;;/h2*7-17H,1-6H3;2*1H3;;/q4*-1;;. The molecule has 0 unspecified atom stereocenters. The molecule has 8 aromatic rings. The van der Waals surface area contributed by atoms with Gasteiger partial charge in [-0.1, -0.05) is 232 Å². The topological polar surface area (TPSA) is 0 Å². The molecule has 2 heteroatoms. The number of rotatable bonds is 4. The molecule has 0 aliphatic carbocycles. The monoisotopic (exact) mass is 878 g/mol. The van der Waals surface area contributed by atoms with Gasteiger partial charge in [0.2, 0.25) is 0 Å². The van der Waals surface area contributed by atoms with E-state index in [9.17, 15) is 0 Å². The van der Waals surface area contributed by atoms with Crippen LogP contribution in [0.15, 0.2) is 133 Å². The van der Waals surface area contributed by atoms with Crippen molar-refractivity contribution >= 4 is 28.4 Å². The van der Waals surface area contributed by atoms with Crippen molar-refractivity contribution in [2.45, 2.75) is 93.9 Å². The average Bonchev–Trinajstić information content (AvgIpc) is 3.75. The van der Waals surface area contributed by atoms with E-state index in [4.69, 9.17) is 0 Å². The van der Waals surface area contributed by atoms with Gasteiger partial charge in [0, 0.05) is 0 Å². The predicted octanol–water partition coefficient (Wildman–Crippen LogP) is 16.7. The van der Waals surface area contributed by atoms with Crippen LogP contribution in [0.1, 0.15) is 86.1 Å². The van der Waals surface area contributed by atoms with Crippen LogP contribution in [-0.2, 0) is 34.2 Å². The Bertz CT molecular complexity index is 2480. The Labute approximate surface area is 380 Å². The second-order valence-corrected chi connectivity index (χ2v) is 18.2. The van der Waals surface area contributed by atoms with E-state index in [1.54, 1.807) is 0 Å². The maximum atomic E-state index is 3.06. The van der Waals surface area contributed by atoms with Crippen molar-refractivity contribution < 1.29 is 23.3 Å². The Hall–Kier alpha value is -4.36. The quantitative estimate of drug-likeness (QED) is 0.122. The summed E-state index contributed by atoms with van der Waals surface area (Å²) in [6.45, 7) is 30.1. The molecular weight excluding hydrogens is 816 g/mol. The van der Waals surface area contributed by atoms with Crippen LogP contribution in [-0.4, -0.2) is 6.88 Å². The molecule has 0 spiro atoms. The van der Waals surface area contributed by atoms with Crippen molar-refractivity contribution in [1.82, 2.24) is 0 Å². The zero-order valence-electron chi connectivity index (χ0n) is 38.7. The minimum absolute atomic E-state index is 0. The van der Waals surface area contributed by atoms with E-state index >= 15 is 0 Å². The average molecular weight is 880 g/mol. The van der Waals surface area contributed by atoms with Crippen molar-refractivity contribution in [3.05, 3.63) is 193 Å². The summed E-state index contributed by atoms with van der Waals surface area (Å²) in [6.07, 6.45) is 0. The number of hydrogen-bond donors (Lipinski definition) is 0. The van der Waals surface area contributed by atoms with Crippen molar-refractivity contribution in [1.29, 1.82) is 0 Å². The van der Waals surface area contributed by atoms with Crippen LogP contribution in [0.4, 0.5) is 0 Å². The Morgan fingerprint density at radius 1 is 0.350 bits per heavy atom. The molecule has 0 N–H and O–H groups in total. The molecule has 0 saturated carbocycles. The summed E-state index contributed by atoms with van der Waals surface area (Å²) in [5, 5.41) is 5.52. The third-order valence-electron chi connectivity index (χ3n) is 11.7. The van der Waals surface area contributed by atoms with E-state index in [1.165, 1.54) is 134 Å². The summed E-state index contributed by atoms with van der Waals surface area (Å²) in [6, 6.07) is 49.7. The minimum atomic E-state index is 0. The van der Waals surface area contributed by atoms with Gasteiger partial charge >= 0.3 is 30.2 Å². The van der Waals surface area contributed by atoms with Gasteiger partial charge in [0.25, 0.3) is 0 Å². The van der Waals surface area contributed by atoms with Crippen molar-refractivity contribution in [2.75, 3.05) is 0 Å². The van der Waals surface area contributed by atoms with E-state index in [1.807, 2.05) is 0 Å². The van der Waals surface area contributed by atoms with E-state index < -0.39 is 0 Å². The van der Waals surface area contributed by atoms with Crippen LogP contribution in [0.2, 0.25) is 0 Å². The van der Waals surface area contributed by atoms with Crippen LogP contribution < -0.4 is 0 Å². The van der Waals surface area contributed by atoms with E-state index in [2.05, 4.69) is 223 Å². The van der Waals surface area contributed by atoms with Gasteiger partial charge in [-0.25, -0.2) is 0 Å². The van der Waals surface area contributed by atoms with Gasteiger partial charge in [-0.2, -0.15) is 11.1 Å². The zero-order valence-corrected chi connectivity index (χ0v) is 42.2. The third kappa shape index (κ3) is 10.0. The molecule has 60 heavy (non-hydrogen) atoms. The van der Waals surface area contributed by atoms with Crippen LogP contribution in [0.25, 0.3) is 66.1 Å². The van der Waals surface area contributed by atoms with Crippen molar-refractivity contribution in [3.8, 4) is 44.5 Å². The Morgan fingerprint density at radius 3 is 0.800 bits per heavy atom. The number of hydrogen-bond acceptors (Lipinski definition) is 0. The molecule has 0 heterocycles. The van der Waals surface area contributed by atoms with Gasteiger partial charge in [-0.15, -0.1) is 44.8 Å². The molecule has 0 bridgehead atoms. The molecule has 0 nitrogen and oxygen atoms in total. The van der Waals surface area contributed by atoms with Crippen LogP contribution in [0, 0.1) is 56.4 Å². The fourth-order valence-corrected chi connectivity index (χ4v) is 8.60. The molecule has 0 aliphatic rings. The Kier molecular flexibility index (Phi) is 15.8. The van der Waals surface area contributed by atoms with Crippen molar-refractivity contribution in [2.24, 2.45) is 0 Å². The molecule has 8 rings (SSSR count). The first-order valence-corrected chi connectivity index (χ1v) is 24.7. The van der Waals surface area contributed by atoms with Gasteiger partial charge in [0.1, 0.15) is 0 Å². The summed E-state index contributed by atoms with van der Waals surface area (Å²) in [4.78, 5) is 0. The molecule has 0 fully saturated rings. The van der Waals surface area contributed by atoms with Crippen LogP contribution in [0.5, 0.6) is 0 Å². The molecule has 308 valence electrons. The molecule has 0 amide bonds. The first-order chi connectivity index (χ1) is 27.5. The summed E-state index contributed by atoms with van der Waals surface area (Å²) < 4.78 is 0. The number of aryl methyl sites for hydroxylation is 6. The molecule has 0 atom stereocenters. The van der Waals surface area contributed by atoms with Gasteiger partial charge in [-0.05, 0) is 49.7 Å². The molecule has 0 aromatic heterocycles. The zero-order chi connectivity index (χ0) is 42.1. The van der Waals surface area contributed by atoms with E-state index in [-0.39, 0.29) is 25.7 Å². The van der Waals surface area contributed by atoms with Gasteiger partial charge in [0.15, 0.2) is 0 Å². The second-order valence-electron chi connectivity index (χ2n) is 18.2. The molecule has 8 aromatic carbocycles. The summed E-state index contributed by atoms with van der Waals surface area (Å²) in [5.74, 6) is 0. The van der Waals surface area contributed by atoms with Gasteiger partial charge < -0.3 is 14.9 Å². The summed E-state index contributed by atoms with van der Waals surface area (Å²) >= 11 is 1.36. The molecule has 2 radical (unpaired) electrons. The van der Waals surface area contributed by atoms with Crippen LogP contribution >= 0.6 is 0 Å². The van der Waals surface area contributed by atoms with Crippen LogP contribution in [0.3, 0.4) is 0 Å².